The van der Waals surface area contributed by atoms with Crippen LogP contribution in [0.1, 0.15) is 17.2 Å². The molecular weight excluding hydrogens is 157 g/mol. The largest absolute Gasteiger partial charge is 0.375 e. The smallest absolute Gasteiger partial charge is 0.123 e. The van der Waals surface area contributed by atoms with E-state index >= 15 is 0 Å². The number of halogens is 1. The fourth-order valence-corrected chi connectivity index (χ4v) is 1.45. The highest BCUT2D eigenvalue weighted by molar-refractivity contribution is 5.31. The number of benzene rings is 1. The van der Waals surface area contributed by atoms with Crippen molar-refractivity contribution in [1.82, 2.24) is 0 Å². The molecule has 0 saturated carbocycles. The van der Waals surface area contributed by atoms with Crippen LogP contribution in [-0.2, 0) is 11.3 Å². The Hall–Kier alpha value is -0.930. The number of hydrogen-bond donors (Lipinski definition) is 1. The van der Waals surface area contributed by atoms with Gasteiger partial charge < -0.3 is 10.5 Å². The molecule has 0 spiro atoms. The van der Waals surface area contributed by atoms with E-state index in [2.05, 4.69) is 0 Å². The first-order valence-corrected chi connectivity index (χ1v) is 3.89. The predicted molar refractivity (Wildman–Crippen MR) is 43.0 cm³/mol. The molecule has 1 atom stereocenters. The fraction of sp³-hybridized carbons (Fsp3) is 0.333. The van der Waals surface area contributed by atoms with Gasteiger partial charge in [-0.15, -0.1) is 0 Å². The summed E-state index contributed by atoms with van der Waals surface area (Å²) in [4.78, 5) is 0. The second-order valence-electron chi connectivity index (χ2n) is 2.96. The highest BCUT2D eigenvalue weighted by Crippen LogP contribution is 2.23. The van der Waals surface area contributed by atoms with E-state index in [-0.39, 0.29) is 11.9 Å². The first-order chi connectivity index (χ1) is 5.77. The zero-order valence-corrected chi connectivity index (χ0v) is 6.59. The summed E-state index contributed by atoms with van der Waals surface area (Å²) >= 11 is 0. The summed E-state index contributed by atoms with van der Waals surface area (Å²) < 4.78 is 17.9. The third-order valence-corrected chi connectivity index (χ3v) is 2.06. The van der Waals surface area contributed by atoms with Gasteiger partial charge in [0, 0.05) is 0 Å². The Bertz CT molecular complexity index is 301. The molecule has 0 radical (unpaired) electrons. The second kappa shape index (κ2) is 2.84. The molecule has 0 fully saturated rings. The van der Waals surface area contributed by atoms with Gasteiger partial charge in [-0.2, -0.15) is 0 Å². The second-order valence-corrected chi connectivity index (χ2v) is 2.96. The molecule has 0 amide bonds. The van der Waals surface area contributed by atoms with Crippen LogP contribution in [0.2, 0.25) is 0 Å². The Morgan fingerprint density at radius 3 is 3.17 bits per heavy atom. The van der Waals surface area contributed by atoms with Gasteiger partial charge in [0.15, 0.2) is 0 Å². The van der Waals surface area contributed by atoms with Crippen molar-refractivity contribution >= 4 is 0 Å². The van der Waals surface area contributed by atoms with Crippen molar-refractivity contribution in [2.24, 2.45) is 5.73 Å². The van der Waals surface area contributed by atoms with Gasteiger partial charge in [0.1, 0.15) is 5.82 Å². The van der Waals surface area contributed by atoms with Crippen LogP contribution in [0.3, 0.4) is 0 Å². The number of fused-ring (bicyclic) bond motifs is 1. The van der Waals surface area contributed by atoms with E-state index in [0.717, 1.165) is 11.1 Å². The molecule has 1 heterocycles. The van der Waals surface area contributed by atoms with Crippen molar-refractivity contribution in [3.05, 3.63) is 35.1 Å². The van der Waals surface area contributed by atoms with Crippen molar-refractivity contribution in [3.8, 4) is 0 Å². The lowest BCUT2D eigenvalue weighted by Crippen LogP contribution is -2.23. The summed E-state index contributed by atoms with van der Waals surface area (Å²) in [5, 5.41) is 0. The Morgan fingerprint density at radius 2 is 2.33 bits per heavy atom. The maximum Gasteiger partial charge on any atom is 0.123 e. The van der Waals surface area contributed by atoms with Gasteiger partial charge in [-0.1, -0.05) is 6.07 Å². The van der Waals surface area contributed by atoms with Crippen LogP contribution >= 0.6 is 0 Å². The average molecular weight is 167 g/mol. The van der Waals surface area contributed by atoms with Crippen molar-refractivity contribution in [2.75, 3.05) is 6.61 Å². The molecule has 2 N–H and O–H groups in total. The van der Waals surface area contributed by atoms with Crippen LogP contribution in [0.4, 0.5) is 4.39 Å². The monoisotopic (exact) mass is 167 g/mol. The van der Waals surface area contributed by atoms with Crippen LogP contribution in [0.15, 0.2) is 18.2 Å². The Balaban J connectivity index is 2.46. The van der Waals surface area contributed by atoms with E-state index in [0.29, 0.717) is 13.2 Å². The fourth-order valence-electron chi connectivity index (χ4n) is 1.45. The molecule has 1 aromatic carbocycles. The number of ether oxygens (including phenoxy) is 1. The van der Waals surface area contributed by atoms with Crippen molar-refractivity contribution in [2.45, 2.75) is 12.6 Å². The Kier molecular flexibility index (Phi) is 1.83. The van der Waals surface area contributed by atoms with Crippen LogP contribution in [0.25, 0.3) is 0 Å². The zero-order valence-electron chi connectivity index (χ0n) is 6.59. The highest BCUT2D eigenvalue weighted by atomic mass is 19.1. The minimum absolute atomic E-state index is 0.102. The quantitative estimate of drug-likeness (QED) is 0.633. The molecule has 2 nitrogen and oxygen atoms in total. The molecule has 0 aliphatic carbocycles. The van der Waals surface area contributed by atoms with Crippen LogP contribution in [0, 0.1) is 5.82 Å². The van der Waals surface area contributed by atoms with E-state index in [1.54, 1.807) is 6.07 Å². The van der Waals surface area contributed by atoms with Gasteiger partial charge in [0.25, 0.3) is 0 Å². The van der Waals surface area contributed by atoms with Crippen LogP contribution in [-0.4, -0.2) is 6.61 Å². The average Bonchev–Trinajstić information content (AvgIpc) is 2.04. The van der Waals surface area contributed by atoms with E-state index in [1.807, 2.05) is 0 Å². The lowest BCUT2D eigenvalue weighted by atomic mass is 10.00. The maximum atomic E-state index is 12.7. The Morgan fingerprint density at radius 1 is 1.50 bits per heavy atom. The van der Waals surface area contributed by atoms with Crippen molar-refractivity contribution in [3.63, 3.8) is 0 Å². The molecule has 2 rings (SSSR count). The molecule has 1 aliphatic heterocycles. The van der Waals surface area contributed by atoms with Crippen LogP contribution in [0.5, 0.6) is 0 Å². The topological polar surface area (TPSA) is 35.2 Å². The summed E-state index contributed by atoms with van der Waals surface area (Å²) in [7, 11) is 0. The van der Waals surface area contributed by atoms with E-state index < -0.39 is 0 Å². The maximum absolute atomic E-state index is 12.7. The number of rotatable bonds is 0. The molecule has 0 unspecified atom stereocenters. The van der Waals surface area contributed by atoms with E-state index in [1.165, 1.54) is 12.1 Å². The summed E-state index contributed by atoms with van der Waals surface area (Å²) in [5.74, 6) is -0.230. The lowest BCUT2D eigenvalue weighted by Gasteiger charge is -2.22. The van der Waals surface area contributed by atoms with Crippen molar-refractivity contribution < 1.29 is 9.13 Å². The molecule has 1 aliphatic rings. The summed E-state index contributed by atoms with van der Waals surface area (Å²) in [6, 6.07) is 4.55. The molecule has 64 valence electrons. The molecule has 0 bridgehead atoms. The third kappa shape index (κ3) is 1.21. The van der Waals surface area contributed by atoms with Gasteiger partial charge in [-0.3, -0.25) is 0 Å². The normalized spacial score (nSPS) is 22.0. The van der Waals surface area contributed by atoms with E-state index in [9.17, 15) is 4.39 Å². The van der Waals surface area contributed by atoms with Gasteiger partial charge in [0.2, 0.25) is 0 Å². The summed E-state index contributed by atoms with van der Waals surface area (Å²) in [5.41, 5.74) is 7.62. The minimum Gasteiger partial charge on any atom is -0.375 e. The predicted octanol–water partition coefficient (Wildman–Crippen LogP) is 1.36. The van der Waals surface area contributed by atoms with Crippen LogP contribution < -0.4 is 5.73 Å². The standard InChI is InChI=1S/C9H10FNO/c10-7-1-2-8-6(3-7)4-12-5-9(8)11/h1-3,9H,4-5,11H2/t9-/m1/s1. The van der Waals surface area contributed by atoms with Gasteiger partial charge in [-0.25, -0.2) is 4.39 Å². The van der Waals surface area contributed by atoms with Gasteiger partial charge >= 0.3 is 0 Å². The van der Waals surface area contributed by atoms with Gasteiger partial charge in [-0.05, 0) is 23.3 Å². The lowest BCUT2D eigenvalue weighted by molar-refractivity contribution is 0.0921. The van der Waals surface area contributed by atoms with Gasteiger partial charge in [0.05, 0.1) is 19.3 Å². The molecule has 12 heavy (non-hydrogen) atoms. The van der Waals surface area contributed by atoms with E-state index in [4.69, 9.17) is 10.5 Å². The molecular formula is C9H10FNO. The SMILES string of the molecule is N[C@@H]1COCc2cc(F)ccc21. The molecule has 1 aromatic rings. The number of hydrogen-bond acceptors (Lipinski definition) is 2. The Labute approximate surface area is 70.1 Å². The minimum atomic E-state index is -0.230. The highest BCUT2D eigenvalue weighted by Gasteiger charge is 2.16. The first-order valence-electron chi connectivity index (χ1n) is 3.89. The van der Waals surface area contributed by atoms with Crippen molar-refractivity contribution in [1.29, 1.82) is 0 Å². The summed E-state index contributed by atoms with van der Waals surface area (Å²) in [6.45, 7) is 0.999. The molecule has 3 heteroatoms. The third-order valence-electron chi connectivity index (χ3n) is 2.06. The first kappa shape index (κ1) is 7.71. The molecule has 0 aromatic heterocycles. The summed E-state index contributed by atoms with van der Waals surface area (Å²) in [6.07, 6.45) is 0. The number of nitrogens with two attached hydrogens (primary N) is 1. The zero-order chi connectivity index (χ0) is 8.55. The molecule has 0 saturated heterocycles.